The summed E-state index contributed by atoms with van der Waals surface area (Å²) in [4.78, 5) is 22.3. The maximum Gasteiger partial charge on any atom is 0.417 e. The number of carbonyl (C=O) groups is 1. The van der Waals surface area contributed by atoms with Crippen molar-refractivity contribution in [1.82, 2.24) is 10.0 Å². The molecule has 2 saturated heterocycles. The molecule has 1 aromatic heterocycles. The van der Waals surface area contributed by atoms with Gasteiger partial charge in [-0.3, -0.25) is 0 Å². The van der Waals surface area contributed by atoms with E-state index >= 15 is 0 Å². The highest BCUT2D eigenvalue weighted by atomic mass is 19.4. The highest BCUT2D eigenvalue weighted by molar-refractivity contribution is 5.92. The van der Waals surface area contributed by atoms with Crippen molar-refractivity contribution < 1.29 is 50.2 Å². The van der Waals surface area contributed by atoms with Crippen LogP contribution in [-0.2, 0) is 21.8 Å². The molecular formula is C24H24F6N2O5. The summed E-state index contributed by atoms with van der Waals surface area (Å²) < 4.78 is 94.7. The normalized spacial score (nSPS) is 22.6. The second-order valence-corrected chi connectivity index (χ2v) is 9.05. The van der Waals surface area contributed by atoms with E-state index in [0.29, 0.717) is 25.1 Å². The van der Waals surface area contributed by atoms with E-state index in [-0.39, 0.29) is 30.4 Å². The number of alkyl halides is 6. The van der Waals surface area contributed by atoms with Crippen LogP contribution in [0.2, 0.25) is 0 Å². The summed E-state index contributed by atoms with van der Waals surface area (Å²) in [7, 11) is 0. The largest absolute Gasteiger partial charge is 0.474 e. The van der Waals surface area contributed by atoms with Crippen LogP contribution in [0.25, 0.3) is 0 Å². The molecule has 3 atom stereocenters. The molecule has 37 heavy (non-hydrogen) atoms. The molecule has 2 aliphatic heterocycles. The first-order chi connectivity index (χ1) is 17.3. The van der Waals surface area contributed by atoms with Gasteiger partial charge in [0.1, 0.15) is 11.7 Å². The molecule has 0 N–H and O–H groups in total. The van der Waals surface area contributed by atoms with Gasteiger partial charge in [-0.2, -0.15) is 26.3 Å². The van der Waals surface area contributed by atoms with E-state index in [0.717, 1.165) is 24.3 Å². The van der Waals surface area contributed by atoms with Crippen molar-refractivity contribution in [3.8, 4) is 11.6 Å². The molecule has 0 spiro atoms. The van der Waals surface area contributed by atoms with E-state index in [2.05, 4.69) is 4.98 Å². The van der Waals surface area contributed by atoms with Gasteiger partial charge in [0.2, 0.25) is 5.88 Å². The Morgan fingerprint density at radius 3 is 2.16 bits per heavy atom. The molecule has 4 rings (SSSR count). The Bertz CT molecular complexity index is 1090. The number of hydroxylamine groups is 2. The number of piperidine rings is 1. The first kappa shape index (κ1) is 27.0. The monoisotopic (exact) mass is 534 g/mol. The number of fused-ring (bicyclic) bond motifs is 2. The number of aromatic nitrogens is 1. The fourth-order valence-electron chi connectivity index (χ4n) is 4.20. The van der Waals surface area contributed by atoms with Crippen LogP contribution in [0.15, 0.2) is 36.5 Å². The van der Waals surface area contributed by atoms with Gasteiger partial charge in [0.25, 0.3) is 0 Å². The SMILES string of the molecule is CC(C)OC(=O)c1cc(C(F)(F)F)ccc1ON1[C@@H]2COC[C@H]1C[C@@H](Oc1ccc(C(F)(F)F)cn1)C2. The Balaban J connectivity index is 1.50. The first-order valence-electron chi connectivity index (χ1n) is 11.5. The van der Waals surface area contributed by atoms with Gasteiger partial charge in [0, 0.05) is 25.1 Å². The Labute approximate surface area is 208 Å². The zero-order valence-corrected chi connectivity index (χ0v) is 19.8. The maximum absolute atomic E-state index is 13.3. The highest BCUT2D eigenvalue weighted by Gasteiger charge is 2.43. The van der Waals surface area contributed by atoms with Crippen molar-refractivity contribution in [2.45, 2.75) is 63.3 Å². The smallest absolute Gasteiger partial charge is 0.417 e. The molecule has 2 aromatic rings. The van der Waals surface area contributed by atoms with Crippen molar-refractivity contribution in [2.24, 2.45) is 0 Å². The number of benzene rings is 1. The molecule has 0 amide bonds. The van der Waals surface area contributed by atoms with Crippen molar-refractivity contribution in [3.05, 3.63) is 53.2 Å². The minimum atomic E-state index is -4.67. The van der Waals surface area contributed by atoms with Gasteiger partial charge < -0.3 is 19.0 Å². The number of rotatable bonds is 6. The molecule has 7 nitrogen and oxygen atoms in total. The lowest BCUT2D eigenvalue weighted by atomic mass is 9.94. The predicted molar refractivity (Wildman–Crippen MR) is 116 cm³/mol. The van der Waals surface area contributed by atoms with Gasteiger partial charge in [0.05, 0.1) is 42.5 Å². The number of esters is 1. The van der Waals surface area contributed by atoms with Crippen molar-refractivity contribution in [1.29, 1.82) is 0 Å². The molecular weight excluding hydrogens is 510 g/mol. The fourth-order valence-corrected chi connectivity index (χ4v) is 4.20. The minimum Gasteiger partial charge on any atom is -0.474 e. The van der Waals surface area contributed by atoms with Crippen molar-refractivity contribution in [2.75, 3.05) is 13.2 Å². The molecule has 2 fully saturated rings. The molecule has 202 valence electrons. The van der Waals surface area contributed by atoms with Crippen LogP contribution in [0.3, 0.4) is 0 Å². The zero-order chi connectivity index (χ0) is 27.0. The Kier molecular flexibility index (Phi) is 7.56. The third-order valence-electron chi connectivity index (χ3n) is 5.83. The lowest BCUT2D eigenvalue weighted by Crippen LogP contribution is -2.60. The van der Waals surface area contributed by atoms with Crippen LogP contribution in [0.1, 0.15) is 48.2 Å². The lowest BCUT2D eigenvalue weighted by Gasteiger charge is -2.46. The van der Waals surface area contributed by atoms with E-state index in [1.807, 2.05) is 0 Å². The van der Waals surface area contributed by atoms with Crippen LogP contribution in [0.4, 0.5) is 26.3 Å². The summed E-state index contributed by atoms with van der Waals surface area (Å²) in [6.07, 6.45) is -8.79. The predicted octanol–water partition coefficient (Wildman–Crippen LogP) is 5.29. The number of nitrogens with zero attached hydrogens (tertiary/aromatic N) is 2. The Morgan fingerprint density at radius 2 is 1.62 bits per heavy atom. The van der Waals surface area contributed by atoms with Crippen molar-refractivity contribution >= 4 is 5.97 Å². The standard InChI is InChI=1S/C24H24F6N2O5/c1-13(2)35-22(33)19-7-14(23(25,26)27)3-5-20(19)37-32-16-8-18(9-17(32)12-34-11-16)36-21-6-4-15(10-31-21)24(28,29)30/h3-7,10,13,16-18H,8-9,11-12H2,1-2H3/t16-,17+,18-. The molecule has 3 heterocycles. The molecule has 2 aliphatic rings. The Hall–Kier alpha value is -3.06. The quantitative estimate of drug-likeness (QED) is 0.369. The fraction of sp³-hybridized carbons (Fsp3) is 0.500. The van der Waals surface area contributed by atoms with Gasteiger partial charge in [-0.15, -0.1) is 5.06 Å². The summed E-state index contributed by atoms with van der Waals surface area (Å²) in [6, 6.07) is 3.81. The van der Waals surface area contributed by atoms with Crippen LogP contribution in [0, 0.1) is 0 Å². The van der Waals surface area contributed by atoms with Crippen LogP contribution >= 0.6 is 0 Å². The summed E-state index contributed by atoms with van der Waals surface area (Å²) >= 11 is 0. The molecule has 0 unspecified atom stereocenters. The van der Waals surface area contributed by atoms with E-state index in [1.165, 1.54) is 0 Å². The van der Waals surface area contributed by atoms with E-state index in [1.54, 1.807) is 18.9 Å². The number of hydrogen-bond donors (Lipinski definition) is 0. The van der Waals surface area contributed by atoms with Gasteiger partial charge in [-0.25, -0.2) is 9.78 Å². The summed E-state index contributed by atoms with van der Waals surface area (Å²) in [5, 5.41) is 1.57. The van der Waals surface area contributed by atoms with Crippen LogP contribution < -0.4 is 9.57 Å². The van der Waals surface area contributed by atoms with E-state index in [4.69, 9.17) is 19.0 Å². The zero-order valence-electron chi connectivity index (χ0n) is 19.8. The number of pyridine rings is 1. The average Bonchev–Trinajstić information content (AvgIpc) is 2.78. The molecule has 0 radical (unpaired) electrons. The molecule has 0 saturated carbocycles. The summed E-state index contributed by atoms with van der Waals surface area (Å²) in [5.74, 6) is -1.02. The van der Waals surface area contributed by atoms with Crippen molar-refractivity contribution in [3.63, 3.8) is 0 Å². The Morgan fingerprint density at radius 1 is 1.00 bits per heavy atom. The first-order valence-corrected chi connectivity index (χ1v) is 11.5. The average molecular weight is 534 g/mol. The summed E-state index contributed by atoms with van der Waals surface area (Å²) in [5.41, 5.74) is -2.28. The molecule has 1 aromatic carbocycles. The second kappa shape index (κ2) is 10.4. The van der Waals surface area contributed by atoms with Gasteiger partial charge in [0.15, 0.2) is 5.75 Å². The van der Waals surface area contributed by atoms with E-state index < -0.39 is 53.7 Å². The number of carbonyl (C=O) groups excluding carboxylic acids is 1. The summed E-state index contributed by atoms with van der Waals surface area (Å²) in [6.45, 7) is 3.57. The molecule has 0 aliphatic carbocycles. The third-order valence-corrected chi connectivity index (χ3v) is 5.83. The lowest BCUT2D eigenvalue weighted by molar-refractivity contribution is -0.222. The van der Waals surface area contributed by atoms with E-state index in [9.17, 15) is 31.1 Å². The minimum absolute atomic E-state index is 0.0350. The number of halogens is 6. The van der Waals surface area contributed by atoms with Gasteiger partial charge in [-0.1, -0.05) is 0 Å². The van der Waals surface area contributed by atoms with Crippen LogP contribution in [0.5, 0.6) is 11.6 Å². The number of hydrogen-bond acceptors (Lipinski definition) is 7. The highest BCUT2D eigenvalue weighted by Crippen LogP contribution is 2.36. The third kappa shape index (κ3) is 6.45. The van der Waals surface area contributed by atoms with Gasteiger partial charge in [-0.05, 0) is 38.1 Å². The second-order valence-electron chi connectivity index (χ2n) is 9.05. The maximum atomic E-state index is 13.3. The molecule has 2 bridgehead atoms. The number of morpholine rings is 1. The topological polar surface area (TPSA) is 70.1 Å². The van der Waals surface area contributed by atoms with Crippen LogP contribution in [-0.4, -0.2) is 53.5 Å². The molecule has 13 heteroatoms. The number of ether oxygens (including phenoxy) is 3. The van der Waals surface area contributed by atoms with Gasteiger partial charge >= 0.3 is 18.3 Å².